The standard InChI is InChI=1S/C22H32N4O/c1-15-8-10-26(11-9-15)18(4)14-23-22(27)20-13-21(25(5)24-20)19-7-6-16(2)17(3)12-19/h6-7,12-13,15,18H,8-11,14H2,1-5H3,(H,23,27). The fraction of sp³-hybridized carbons (Fsp3) is 0.545. The molecule has 1 atom stereocenters. The van der Waals surface area contributed by atoms with Gasteiger partial charge in [-0.25, -0.2) is 0 Å². The van der Waals surface area contributed by atoms with Gasteiger partial charge in [-0.1, -0.05) is 19.1 Å². The van der Waals surface area contributed by atoms with Crippen molar-refractivity contribution in [2.75, 3.05) is 19.6 Å². The molecule has 5 nitrogen and oxygen atoms in total. The van der Waals surface area contributed by atoms with Crippen LogP contribution < -0.4 is 5.32 Å². The van der Waals surface area contributed by atoms with Crippen molar-refractivity contribution in [1.82, 2.24) is 20.0 Å². The lowest BCUT2D eigenvalue weighted by Gasteiger charge is -2.34. The molecule has 1 aliphatic heterocycles. The zero-order chi connectivity index (χ0) is 19.6. The number of likely N-dealkylation sites (tertiary alicyclic amines) is 1. The van der Waals surface area contributed by atoms with Crippen LogP contribution in [0.5, 0.6) is 0 Å². The van der Waals surface area contributed by atoms with Gasteiger partial charge in [0.15, 0.2) is 5.69 Å². The second-order valence-corrected chi connectivity index (χ2v) is 8.12. The third-order valence-electron chi connectivity index (χ3n) is 5.91. The topological polar surface area (TPSA) is 50.2 Å². The number of amides is 1. The van der Waals surface area contributed by atoms with E-state index in [1.165, 1.54) is 24.0 Å². The first kappa shape index (κ1) is 19.6. The Balaban J connectivity index is 1.63. The summed E-state index contributed by atoms with van der Waals surface area (Å²) >= 11 is 0. The zero-order valence-electron chi connectivity index (χ0n) is 17.2. The van der Waals surface area contributed by atoms with Crippen LogP contribution in [0.4, 0.5) is 0 Å². The summed E-state index contributed by atoms with van der Waals surface area (Å²) in [6, 6.07) is 8.57. The van der Waals surface area contributed by atoms with Gasteiger partial charge in [0, 0.05) is 25.2 Å². The third kappa shape index (κ3) is 4.59. The van der Waals surface area contributed by atoms with Gasteiger partial charge in [0.25, 0.3) is 5.91 Å². The van der Waals surface area contributed by atoms with E-state index in [-0.39, 0.29) is 5.91 Å². The van der Waals surface area contributed by atoms with E-state index in [1.54, 1.807) is 4.68 Å². The molecule has 2 aromatic rings. The Bertz CT molecular complexity index is 803. The Morgan fingerprint density at radius 2 is 1.93 bits per heavy atom. The molecule has 0 aliphatic carbocycles. The Kier molecular flexibility index (Phi) is 6.00. The van der Waals surface area contributed by atoms with Crippen LogP contribution in [0.25, 0.3) is 11.3 Å². The van der Waals surface area contributed by atoms with Crippen LogP contribution in [0.15, 0.2) is 24.3 Å². The monoisotopic (exact) mass is 368 g/mol. The lowest BCUT2D eigenvalue weighted by atomic mass is 9.98. The van der Waals surface area contributed by atoms with Gasteiger partial charge in [-0.05, 0) is 75.9 Å². The Morgan fingerprint density at radius 3 is 2.59 bits per heavy atom. The van der Waals surface area contributed by atoms with Crippen molar-refractivity contribution in [3.63, 3.8) is 0 Å². The number of aromatic nitrogens is 2. The first-order chi connectivity index (χ1) is 12.8. The van der Waals surface area contributed by atoms with Crippen molar-refractivity contribution in [3.05, 3.63) is 41.1 Å². The summed E-state index contributed by atoms with van der Waals surface area (Å²) in [5.74, 6) is 0.721. The third-order valence-corrected chi connectivity index (χ3v) is 5.91. The summed E-state index contributed by atoms with van der Waals surface area (Å²) in [4.78, 5) is 15.1. The first-order valence-corrected chi connectivity index (χ1v) is 9.99. The summed E-state index contributed by atoms with van der Waals surface area (Å²) in [6.07, 6.45) is 2.50. The fourth-order valence-corrected chi connectivity index (χ4v) is 3.68. The SMILES string of the molecule is Cc1ccc(-c2cc(C(=O)NCC(C)N3CCC(C)CC3)nn2C)cc1C. The van der Waals surface area contributed by atoms with Crippen molar-refractivity contribution in [2.45, 2.75) is 46.6 Å². The van der Waals surface area contributed by atoms with E-state index in [1.807, 2.05) is 13.1 Å². The van der Waals surface area contributed by atoms with Gasteiger partial charge < -0.3 is 5.32 Å². The summed E-state index contributed by atoms with van der Waals surface area (Å²) in [7, 11) is 1.89. The predicted octanol–water partition coefficient (Wildman–Crippen LogP) is 3.55. The quantitative estimate of drug-likeness (QED) is 0.878. The molecule has 3 rings (SSSR count). The molecule has 1 fully saturated rings. The van der Waals surface area contributed by atoms with Crippen LogP contribution >= 0.6 is 0 Å². The van der Waals surface area contributed by atoms with Gasteiger partial charge >= 0.3 is 0 Å². The normalized spacial score (nSPS) is 17.1. The number of piperidine rings is 1. The summed E-state index contributed by atoms with van der Waals surface area (Å²) < 4.78 is 1.79. The van der Waals surface area contributed by atoms with Crippen LogP contribution in [-0.2, 0) is 7.05 Å². The minimum absolute atomic E-state index is 0.0992. The molecule has 5 heteroatoms. The second kappa shape index (κ2) is 8.26. The maximum atomic E-state index is 12.6. The number of aryl methyl sites for hydroxylation is 3. The molecule has 0 bridgehead atoms. The van der Waals surface area contributed by atoms with Crippen LogP contribution in [0.3, 0.4) is 0 Å². The van der Waals surface area contributed by atoms with Crippen molar-refractivity contribution >= 4 is 5.91 Å². The maximum Gasteiger partial charge on any atom is 0.271 e. The van der Waals surface area contributed by atoms with Crippen LogP contribution in [-0.4, -0.2) is 46.3 Å². The van der Waals surface area contributed by atoms with Gasteiger partial charge in [-0.2, -0.15) is 5.10 Å². The Labute approximate surface area is 162 Å². The van der Waals surface area contributed by atoms with Crippen molar-refractivity contribution in [2.24, 2.45) is 13.0 Å². The number of hydrogen-bond acceptors (Lipinski definition) is 3. The average Bonchev–Trinajstić information content (AvgIpc) is 3.04. The molecule has 1 aromatic heterocycles. The number of carbonyl (C=O) groups is 1. The van der Waals surface area contributed by atoms with E-state index >= 15 is 0 Å². The molecule has 1 unspecified atom stereocenters. The van der Waals surface area contributed by atoms with Crippen LogP contribution in [0.2, 0.25) is 0 Å². The molecule has 2 heterocycles. The van der Waals surface area contributed by atoms with Gasteiger partial charge in [0.1, 0.15) is 0 Å². The first-order valence-electron chi connectivity index (χ1n) is 9.99. The highest BCUT2D eigenvalue weighted by atomic mass is 16.1. The molecule has 27 heavy (non-hydrogen) atoms. The molecular weight excluding hydrogens is 336 g/mol. The van der Waals surface area contributed by atoms with E-state index in [0.29, 0.717) is 18.3 Å². The Hall–Kier alpha value is -2.14. The van der Waals surface area contributed by atoms with Gasteiger partial charge in [0.2, 0.25) is 0 Å². The minimum atomic E-state index is -0.0992. The molecule has 1 aliphatic rings. The summed E-state index contributed by atoms with van der Waals surface area (Å²) in [6.45, 7) is 11.6. The summed E-state index contributed by atoms with van der Waals surface area (Å²) in [5.41, 5.74) is 5.03. The van der Waals surface area contributed by atoms with Crippen LogP contribution in [0.1, 0.15) is 48.3 Å². The Morgan fingerprint density at radius 1 is 1.22 bits per heavy atom. The maximum absolute atomic E-state index is 12.6. The van der Waals surface area contributed by atoms with Crippen molar-refractivity contribution in [1.29, 1.82) is 0 Å². The van der Waals surface area contributed by atoms with Crippen molar-refractivity contribution in [3.8, 4) is 11.3 Å². The number of carbonyl (C=O) groups excluding carboxylic acids is 1. The van der Waals surface area contributed by atoms with E-state index in [2.05, 4.69) is 61.2 Å². The molecule has 1 amide bonds. The van der Waals surface area contributed by atoms with E-state index in [4.69, 9.17) is 0 Å². The van der Waals surface area contributed by atoms with E-state index in [0.717, 1.165) is 30.3 Å². The van der Waals surface area contributed by atoms with Crippen molar-refractivity contribution < 1.29 is 4.79 Å². The smallest absolute Gasteiger partial charge is 0.271 e. The molecule has 1 N–H and O–H groups in total. The molecular formula is C22H32N4O. The summed E-state index contributed by atoms with van der Waals surface area (Å²) in [5, 5.41) is 7.49. The zero-order valence-corrected chi connectivity index (χ0v) is 17.2. The fourth-order valence-electron chi connectivity index (χ4n) is 3.68. The molecule has 146 valence electrons. The molecule has 0 radical (unpaired) electrons. The average molecular weight is 369 g/mol. The van der Waals surface area contributed by atoms with Gasteiger partial charge in [-0.3, -0.25) is 14.4 Å². The largest absolute Gasteiger partial charge is 0.349 e. The predicted molar refractivity (Wildman–Crippen MR) is 110 cm³/mol. The highest BCUT2D eigenvalue weighted by molar-refractivity contribution is 5.93. The number of nitrogens with zero attached hydrogens (tertiary/aromatic N) is 3. The van der Waals surface area contributed by atoms with Gasteiger partial charge in [-0.15, -0.1) is 0 Å². The second-order valence-electron chi connectivity index (χ2n) is 8.12. The molecule has 0 saturated carbocycles. The highest BCUT2D eigenvalue weighted by Gasteiger charge is 2.21. The number of nitrogens with one attached hydrogen (secondary N) is 1. The number of benzene rings is 1. The lowest BCUT2D eigenvalue weighted by Crippen LogP contribution is -2.45. The van der Waals surface area contributed by atoms with E-state index < -0.39 is 0 Å². The minimum Gasteiger partial charge on any atom is -0.349 e. The molecule has 0 spiro atoms. The molecule has 1 aromatic carbocycles. The van der Waals surface area contributed by atoms with E-state index in [9.17, 15) is 4.79 Å². The number of rotatable bonds is 5. The number of hydrogen-bond donors (Lipinski definition) is 1. The lowest BCUT2D eigenvalue weighted by molar-refractivity contribution is 0.0916. The van der Waals surface area contributed by atoms with Crippen LogP contribution in [0, 0.1) is 19.8 Å². The van der Waals surface area contributed by atoms with Gasteiger partial charge in [0.05, 0.1) is 5.69 Å². The molecule has 1 saturated heterocycles. The highest BCUT2D eigenvalue weighted by Crippen LogP contribution is 2.23.